The number of amides is 3. The normalized spacial score (nSPS) is 23.0. The maximum atomic E-state index is 13.8. The van der Waals surface area contributed by atoms with Gasteiger partial charge in [0.15, 0.2) is 12.2 Å². The van der Waals surface area contributed by atoms with Crippen LogP contribution < -0.4 is 5.32 Å². The van der Waals surface area contributed by atoms with Crippen molar-refractivity contribution in [3.63, 3.8) is 0 Å². The number of hydrogen-bond donors (Lipinski definition) is 1. The number of carbonyl (C=O) groups is 4. The third-order valence-electron chi connectivity index (χ3n) is 7.29. The summed E-state index contributed by atoms with van der Waals surface area (Å²) in [4.78, 5) is 54.6. The molecule has 2 aliphatic rings. The molecule has 0 unspecified atom stereocenters. The summed E-state index contributed by atoms with van der Waals surface area (Å²) < 4.78 is 22.0. The number of nitrogens with zero attached hydrogens (tertiary/aromatic N) is 1. The van der Waals surface area contributed by atoms with Crippen LogP contribution in [0.1, 0.15) is 38.8 Å². The number of imide groups is 1. The summed E-state index contributed by atoms with van der Waals surface area (Å²) in [5.74, 6) is -3.01. The molecule has 10 nitrogen and oxygen atoms in total. The predicted molar refractivity (Wildman–Crippen MR) is 164 cm³/mol. The van der Waals surface area contributed by atoms with E-state index in [9.17, 15) is 19.2 Å². The monoisotopic (exact) mass is 674 g/mol. The quantitative estimate of drug-likeness (QED) is 0.143. The molecule has 0 bridgehead atoms. The number of rotatable bonds is 10. The molecule has 0 aromatic heterocycles. The Hall–Kier alpha value is -3.51. The van der Waals surface area contributed by atoms with Crippen molar-refractivity contribution >= 4 is 58.5 Å². The number of esters is 1. The maximum absolute atomic E-state index is 13.8. The Morgan fingerprint density at radius 1 is 0.822 bits per heavy atom. The molecule has 0 saturated carbocycles. The molecule has 0 radical (unpaired) electrons. The number of ether oxygens (including phenoxy) is 4. The Labute approximate surface area is 274 Å². The second kappa shape index (κ2) is 14.3. The molecule has 2 aliphatic heterocycles. The fraction of sp³-hybridized carbons (Fsp3) is 0.312. The largest absolute Gasteiger partial charge is 0.457 e. The first-order valence-electron chi connectivity index (χ1n) is 14.0. The van der Waals surface area contributed by atoms with Crippen molar-refractivity contribution in [3.8, 4) is 0 Å². The van der Waals surface area contributed by atoms with Gasteiger partial charge in [0, 0.05) is 6.92 Å². The number of hydrogen-bond acceptors (Lipinski definition) is 8. The Bertz CT molecular complexity index is 1500. The van der Waals surface area contributed by atoms with Crippen LogP contribution in [0, 0.1) is 0 Å². The summed E-state index contributed by atoms with van der Waals surface area (Å²) in [7, 11) is 0. The molecule has 3 aromatic rings. The topological polar surface area (TPSA) is 120 Å². The van der Waals surface area contributed by atoms with E-state index in [1.165, 1.54) is 19.1 Å². The van der Waals surface area contributed by atoms with Crippen LogP contribution in [-0.4, -0.2) is 69.6 Å². The van der Waals surface area contributed by atoms with E-state index >= 15 is 0 Å². The van der Waals surface area contributed by atoms with E-state index in [1.54, 1.807) is 12.1 Å². The van der Waals surface area contributed by atoms with Gasteiger partial charge in [0.25, 0.3) is 21.6 Å². The first kappa shape index (κ1) is 32.9. The Balaban J connectivity index is 1.56. The van der Waals surface area contributed by atoms with E-state index < -0.39 is 58.1 Å². The molecule has 1 N–H and O–H groups in total. The Morgan fingerprint density at radius 2 is 1.36 bits per heavy atom. The smallest absolute Gasteiger partial charge is 0.303 e. The molecule has 1 fully saturated rings. The van der Waals surface area contributed by atoms with E-state index in [1.807, 2.05) is 60.7 Å². The van der Waals surface area contributed by atoms with Gasteiger partial charge in [0.1, 0.15) is 18.2 Å². The van der Waals surface area contributed by atoms with Crippen LogP contribution in [0.5, 0.6) is 0 Å². The minimum atomic E-state index is -2.25. The SMILES string of the molecule is CC(=O)O[C@H]1[C@H](OCc2ccccc2)[C@H](N2C(=O)c3ccccc3C2=O)[C@@H](C(=O)NC(Cl)(Cl)Cl)O[C@@H]1COCc1ccccc1. The summed E-state index contributed by atoms with van der Waals surface area (Å²) >= 11 is 17.8. The highest BCUT2D eigenvalue weighted by molar-refractivity contribution is 6.67. The van der Waals surface area contributed by atoms with Crippen LogP contribution >= 0.6 is 34.8 Å². The van der Waals surface area contributed by atoms with Crippen LogP contribution in [0.25, 0.3) is 0 Å². The minimum Gasteiger partial charge on any atom is -0.457 e. The number of benzene rings is 3. The summed E-state index contributed by atoms with van der Waals surface area (Å²) in [6, 6.07) is 23.2. The van der Waals surface area contributed by atoms with Crippen LogP contribution in [0.4, 0.5) is 0 Å². The van der Waals surface area contributed by atoms with Gasteiger partial charge in [-0.15, -0.1) is 0 Å². The van der Waals surface area contributed by atoms with Gasteiger partial charge in [-0.2, -0.15) is 0 Å². The Morgan fingerprint density at radius 3 is 1.89 bits per heavy atom. The Kier molecular flexibility index (Phi) is 10.4. The fourth-order valence-corrected chi connectivity index (χ4v) is 5.69. The fourth-order valence-electron chi connectivity index (χ4n) is 5.41. The molecule has 3 amide bonds. The minimum absolute atomic E-state index is 0.0284. The highest BCUT2D eigenvalue weighted by atomic mass is 35.6. The zero-order valence-electron chi connectivity index (χ0n) is 23.9. The molecule has 13 heteroatoms. The molecule has 45 heavy (non-hydrogen) atoms. The lowest BCUT2D eigenvalue weighted by atomic mass is 9.90. The van der Waals surface area contributed by atoms with Gasteiger partial charge in [-0.05, 0) is 23.3 Å². The van der Waals surface area contributed by atoms with E-state index in [-0.39, 0.29) is 30.9 Å². The van der Waals surface area contributed by atoms with Crippen molar-refractivity contribution < 1.29 is 38.1 Å². The standard InChI is InChI=1S/C32H29Cl3N2O8/c1-19(38)44-26-24(18-42-16-20-10-4-2-5-11-20)45-28(29(39)36-32(33,34)35)25(27(26)43-17-21-12-6-3-7-13-21)37-30(40)22-14-8-9-15-23(22)31(37)41/h2-15,24-28H,16-18H2,1H3,(H,36,39)/t24-,25+,26-,27-,28+/m1/s1. The second-order valence-corrected chi connectivity index (χ2v) is 12.7. The number of alkyl halides is 3. The molecular weight excluding hydrogens is 647 g/mol. The van der Waals surface area contributed by atoms with Gasteiger partial charge in [0.2, 0.25) is 0 Å². The van der Waals surface area contributed by atoms with E-state index in [0.717, 1.165) is 16.0 Å². The zero-order chi connectivity index (χ0) is 32.1. The van der Waals surface area contributed by atoms with Gasteiger partial charge in [-0.3, -0.25) is 24.1 Å². The van der Waals surface area contributed by atoms with Crippen LogP contribution in [-0.2, 0) is 41.8 Å². The summed E-state index contributed by atoms with van der Waals surface area (Å²) in [6.07, 6.45) is -5.23. The maximum Gasteiger partial charge on any atom is 0.303 e. The first-order chi connectivity index (χ1) is 21.5. The molecule has 5 atom stereocenters. The average Bonchev–Trinajstić information content (AvgIpc) is 3.26. The van der Waals surface area contributed by atoms with E-state index in [0.29, 0.717) is 0 Å². The third kappa shape index (κ3) is 7.84. The molecule has 5 rings (SSSR count). The van der Waals surface area contributed by atoms with Crippen LogP contribution in [0.2, 0.25) is 0 Å². The summed E-state index contributed by atoms with van der Waals surface area (Å²) in [6.45, 7) is 1.19. The lowest BCUT2D eigenvalue weighted by Crippen LogP contribution is -2.69. The molecule has 1 saturated heterocycles. The lowest BCUT2D eigenvalue weighted by molar-refractivity contribution is -0.232. The van der Waals surface area contributed by atoms with Crippen molar-refractivity contribution in [2.75, 3.05) is 6.61 Å². The molecule has 0 aliphatic carbocycles. The van der Waals surface area contributed by atoms with Gasteiger partial charge in [-0.1, -0.05) is 108 Å². The van der Waals surface area contributed by atoms with Crippen molar-refractivity contribution in [1.82, 2.24) is 10.2 Å². The van der Waals surface area contributed by atoms with Gasteiger partial charge in [-0.25, -0.2) is 0 Å². The lowest BCUT2D eigenvalue weighted by Gasteiger charge is -2.47. The number of halogens is 3. The zero-order valence-corrected chi connectivity index (χ0v) is 26.2. The van der Waals surface area contributed by atoms with E-state index in [2.05, 4.69) is 5.32 Å². The van der Waals surface area contributed by atoms with Crippen molar-refractivity contribution in [1.29, 1.82) is 0 Å². The number of carbonyl (C=O) groups excluding carboxylic acids is 4. The summed E-state index contributed by atoms with van der Waals surface area (Å²) in [5.41, 5.74) is 1.86. The van der Waals surface area contributed by atoms with Crippen molar-refractivity contribution in [3.05, 3.63) is 107 Å². The molecule has 236 valence electrons. The second-order valence-electron chi connectivity index (χ2n) is 10.4. The van der Waals surface area contributed by atoms with Crippen LogP contribution in [0.15, 0.2) is 84.9 Å². The number of nitrogens with one attached hydrogen (secondary N) is 1. The van der Waals surface area contributed by atoms with Gasteiger partial charge >= 0.3 is 5.97 Å². The van der Waals surface area contributed by atoms with E-state index in [4.69, 9.17) is 53.8 Å². The molecular formula is C32H29Cl3N2O8. The molecule has 0 spiro atoms. The van der Waals surface area contributed by atoms with Crippen LogP contribution in [0.3, 0.4) is 0 Å². The predicted octanol–water partition coefficient (Wildman–Crippen LogP) is 4.60. The highest BCUT2D eigenvalue weighted by Gasteiger charge is 2.57. The summed E-state index contributed by atoms with van der Waals surface area (Å²) in [5, 5.41) is 2.22. The van der Waals surface area contributed by atoms with Gasteiger partial charge < -0.3 is 24.3 Å². The number of fused-ring (bicyclic) bond motifs is 1. The van der Waals surface area contributed by atoms with Crippen molar-refractivity contribution in [2.24, 2.45) is 0 Å². The highest BCUT2D eigenvalue weighted by Crippen LogP contribution is 2.36. The first-order valence-corrected chi connectivity index (χ1v) is 15.1. The third-order valence-corrected chi connectivity index (χ3v) is 7.57. The van der Waals surface area contributed by atoms with Gasteiger partial charge in [0.05, 0.1) is 30.9 Å². The average molecular weight is 676 g/mol. The molecule has 2 heterocycles. The van der Waals surface area contributed by atoms with Crippen molar-refractivity contribution in [2.45, 2.75) is 54.5 Å². The molecule has 3 aromatic carbocycles.